The summed E-state index contributed by atoms with van der Waals surface area (Å²) in [6.45, 7) is 4.32. The van der Waals surface area contributed by atoms with Crippen molar-refractivity contribution in [2.45, 2.75) is 32.4 Å². The zero-order valence-corrected chi connectivity index (χ0v) is 14.9. The van der Waals surface area contributed by atoms with Crippen LogP contribution in [0.25, 0.3) is 0 Å². The van der Waals surface area contributed by atoms with Crippen molar-refractivity contribution in [3.63, 3.8) is 0 Å². The Balaban J connectivity index is 2.25. The average Bonchev–Trinajstić information content (AvgIpc) is 2.63. The number of ether oxygens (including phenoxy) is 1. The van der Waals surface area contributed by atoms with Gasteiger partial charge >= 0.3 is 0 Å². The maximum Gasteiger partial charge on any atom is 0.219 e. The maximum atomic E-state index is 15.0. The molecule has 0 saturated carbocycles. The first-order valence-electron chi connectivity index (χ1n) is 8.06. The van der Waals surface area contributed by atoms with E-state index in [2.05, 4.69) is 15.6 Å². The van der Waals surface area contributed by atoms with Gasteiger partial charge in [0.2, 0.25) is 12.3 Å². The van der Waals surface area contributed by atoms with Crippen LogP contribution in [0.3, 0.4) is 0 Å². The van der Waals surface area contributed by atoms with E-state index in [1.54, 1.807) is 36.5 Å². The first-order valence-corrected chi connectivity index (χ1v) is 8.44. The highest BCUT2D eigenvalue weighted by molar-refractivity contribution is 6.32. The van der Waals surface area contributed by atoms with Gasteiger partial charge in [-0.05, 0) is 25.5 Å². The van der Waals surface area contributed by atoms with Gasteiger partial charge in [-0.2, -0.15) is 0 Å². The Morgan fingerprint density at radius 2 is 2.16 bits per heavy atom. The van der Waals surface area contributed by atoms with Crippen molar-refractivity contribution in [2.75, 3.05) is 6.54 Å². The second-order valence-corrected chi connectivity index (χ2v) is 6.01. The van der Waals surface area contributed by atoms with Gasteiger partial charge < -0.3 is 15.4 Å². The molecule has 0 aliphatic heterocycles. The molecular weight excluding hydrogens is 345 g/mol. The van der Waals surface area contributed by atoms with Crippen LogP contribution in [-0.4, -0.2) is 24.0 Å². The molecule has 0 fully saturated rings. The number of amides is 1. The minimum Gasteiger partial charge on any atom is -0.434 e. The van der Waals surface area contributed by atoms with Gasteiger partial charge in [-0.25, -0.2) is 9.37 Å². The van der Waals surface area contributed by atoms with Crippen molar-refractivity contribution in [1.29, 1.82) is 0 Å². The molecule has 2 atom stereocenters. The van der Waals surface area contributed by atoms with Gasteiger partial charge in [-0.15, -0.1) is 0 Å². The van der Waals surface area contributed by atoms with Crippen molar-refractivity contribution in [3.05, 3.63) is 52.9 Å². The fraction of sp³-hybridized carbons (Fsp3) is 0.333. The number of carbonyl (C=O) groups is 1. The SMILES string of the molecule is CC[C@@H](N[C@H](C)CNC=O)c1ccc(Cl)c(Oc2ccccn2)c1F. The second-order valence-electron chi connectivity index (χ2n) is 5.60. The molecule has 5 nitrogen and oxygen atoms in total. The standard InChI is InChI=1S/C18H21ClFN3O2/c1-3-15(23-12(2)10-21-11-24)13-7-8-14(19)18(17(13)20)25-16-6-4-5-9-22-16/h4-9,11-12,15,23H,3,10H2,1-2H3,(H,21,24)/t12-,15-/m1/s1. The highest BCUT2D eigenvalue weighted by Crippen LogP contribution is 2.36. The topological polar surface area (TPSA) is 63.2 Å². The number of carbonyl (C=O) groups excluding carboxylic acids is 1. The number of nitrogens with one attached hydrogen (secondary N) is 2. The number of aromatic nitrogens is 1. The number of hydrogen-bond donors (Lipinski definition) is 2. The summed E-state index contributed by atoms with van der Waals surface area (Å²) in [6, 6.07) is 8.10. The third kappa shape index (κ3) is 5.14. The first kappa shape index (κ1) is 19.1. The fourth-order valence-electron chi connectivity index (χ4n) is 2.48. The molecule has 0 saturated heterocycles. The van der Waals surface area contributed by atoms with Gasteiger partial charge in [0.05, 0.1) is 5.02 Å². The highest BCUT2D eigenvalue weighted by atomic mass is 35.5. The van der Waals surface area contributed by atoms with E-state index >= 15 is 4.39 Å². The number of hydrogen-bond acceptors (Lipinski definition) is 4. The van der Waals surface area contributed by atoms with Gasteiger partial charge in [0, 0.05) is 36.5 Å². The monoisotopic (exact) mass is 365 g/mol. The van der Waals surface area contributed by atoms with Crippen LogP contribution < -0.4 is 15.4 Å². The van der Waals surface area contributed by atoms with Crippen LogP contribution in [-0.2, 0) is 4.79 Å². The molecule has 2 N–H and O–H groups in total. The minimum absolute atomic E-state index is 0.0228. The lowest BCUT2D eigenvalue weighted by atomic mass is 10.0. The summed E-state index contributed by atoms with van der Waals surface area (Å²) in [5.74, 6) is -0.296. The van der Waals surface area contributed by atoms with Gasteiger partial charge in [-0.3, -0.25) is 4.79 Å². The van der Waals surface area contributed by atoms with E-state index in [-0.39, 0.29) is 28.7 Å². The summed E-state index contributed by atoms with van der Waals surface area (Å²) in [7, 11) is 0. The van der Waals surface area contributed by atoms with Gasteiger partial charge in [0.15, 0.2) is 11.6 Å². The van der Waals surface area contributed by atoms with Crippen molar-refractivity contribution >= 4 is 18.0 Å². The Kier molecular flexibility index (Phi) is 7.16. The Morgan fingerprint density at radius 3 is 2.80 bits per heavy atom. The lowest BCUT2D eigenvalue weighted by molar-refractivity contribution is -0.109. The van der Waals surface area contributed by atoms with Gasteiger partial charge in [0.1, 0.15) is 0 Å². The molecule has 25 heavy (non-hydrogen) atoms. The predicted molar refractivity (Wildman–Crippen MR) is 95.4 cm³/mol. The van der Waals surface area contributed by atoms with E-state index in [4.69, 9.17) is 16.3 Å². The summed E-state index contributed by atoms with van der Waals surface area (Å²) in [5.41, 5.74) is 0.454. The number of halogens is 2. The summed E-state index contributed by atoms with van der Waals surface area (Å²) in [4.78, 5) is 14.4. The van der Waals surface area contributed by atoms with Crippen LogP contribution >= 0.6 is 11.6 Å². The Morgan fingerprint density at radius 1 is 1.36 bits per heavy atom. The largest absolute Gasteiger partial charge is 0.434 e. The Labute approximate surface area is 151 Å². The van der Waals surface area contributed by atoms with E-state index in [0.29, 0.717) is 24.9 Å². The number of nitrogens with zero attached hydrogens (tertiary/aromatic N) is 1. The number of rotatable bonds is 9. The molecule has 2 aromatic rings. The molecule has 1 aromatic heterocycles. The predicted octanol–water partition coefficient (Wildman–Crippen LogP) is 3.84. The van der Waals surface area contributed by atoms with Crippen LogP contribution in [0.5, 0.6) is 11.6 Å². The molecule has 134 valence electrons. The summed E-state index contributed by atoms with van der Waals surface area (Å²) in [6.07, 6.45) is 2.86. The zero-order valence-electron chi connectivity index (χ0n) is 14.1. The third-order valence-corrected chi connectivity index (χ3v) is 4.00. The van der Waals surface area contributed by atoms with Crippen LogP contribution in [0.4, 0.5) is 4.39 Å². The lowest BCUT2D eigenvalue weighted by Gasteiger charge is -2.24. The molecule has 1 heterocycles. The summed E-state index contributed by atoms with van der Waals surface area (Å²) < 4.78 is 20.6. The Bertz CT molecular complexity index is 700. The fourth-order valence-corrected chi connectivity index (χ4v) is 2.66. The van der Waals surface area contributed by atoms with Gasteiger partial charge in [-0.1, -0.05) is 30.7 Å². The quantitative estimate of drug-likeness (QED) is 0.663. The molecule has 2 rings (SSSR count). The molecule has 0 spiro atoms. The van der Waals surface area contributed by atoms with Crippen LogP contribution in [0, 0.1) is 5.82 Å². The van der Waals surface area contributed by atoms with Crippen LogP contribution in [0.1, 0.15) is 31.9 Å². The number of benzene rings is 1. The molecule has 0 bridgehead atoms. The molecule has 0 unspecified atom stereocenters. The molecule has 0 radical (unpaired) electrons. The molecule has 0 aliphatic rings. The van der Waals surface area contributed by atoms with E-state index < -0.39 is 5.82 Å². The summed E-state index contributed by atoms with van der Waals surface area (Å²) >= 11 is 6.11. The lowest BCUT2D eigenvalue weighted by Crippen LogP contribution is -2.38. The zero-order chi connectivity index (χ0) is 18.2. The van der Waals surface area contributed by atoms with Crippen molar-refractivity contribution in [1.82, 2.24) is 15.6 Å². The van der Waals surface area contributed by atoms with Gasteiger partial charge in [0.25, 0.3) is 0 Å². The van der Waals surface area contributed by atoms with E-state index in [1.807, 2.05) is 13.8 Å². The molecule has 1 amide bonds. The van der Waals surface area contributed by atoms with Crippen molar-refractivity contribution in [3.8, 4) is 11.6 Å². The molecule has 1 aromatic carbocycles. The molecular formula is C18H21ClFN3O2. The van der Waals surface area contributed by atoms with Crippen molar-refractivity contribution < 1.29 is 13.9 Å². The Hall–Kier alpha value is -2.18. The van der Waals surface area contributed by atoms with E-state index in [0.717, 1.165) is 0 Å². The highest BCUT2D eigenvalue weighted by Gasteiger charge is 2.21. The van der Waals surface area contributed by atoms with E-state index in [9.17, 15) is 4.79 Å². The molecule has 7 heteroatoms. The normalized spacial score (nSPS) is 13.1. The van der Waals surface area contributed by atoms with Crippen LogP contribution in [0.15, 0.2) is 36.5 Å². The average molecular weight is 366 g/mol. The first-order chi connectivity index (χ1) is 12.1. The van der Waals surface area contributed by atoms with E-state index in [1.165, 1.54) is 0 Å². The minimum atomic E-state index is -0.520. The molecule has 0 aliphatic carbocycles. The van der Waals surface area contributed by atoms with Crippen LogP contribution in [0.2, 0.25) is 5.02 Å². The number of pyridine rings is 1. The van der Waals surface area contributed by atoms with Crippen molar-refractivity contribution in [2.24, 2.45) is 0 Å². The second kappa shape index (κ2) is 9.34. The summed E-state index contributed by atoms with van der Waals surface area (Å²) in [5, 5.41) is 6.08. The third-order valence-electron chi connectivity index (χ3n) is 3.70. The smallest absolute Gasteiger partial charge is 0.219 e. The maximum absolute atomic E-state index is 15.0.